The van der Waals surface area contributed by atoms with Gasteiger partial charge in [0.25, 0.3) is 0 Å². The maximum absolute atomic E-state index is 12.9. The second-order valence-electron chi connectivity index (χ2n) is 3.91. The zero-order valence-electron chi connectivity index (χ0n) is 9.95. The van der Waals surface area contributed by atoms with E-state index in [1.807, 2.05) is 0 Å². The largest absolute Gasteiger partial charge is 0.417 e. The summed E-state index contributed by atoms with van der Waals surface area (Å²) >= 11 is 0. The van der Waals surface area contributed by atoms with Gasteiger partial charge in [0.1, 0.15) is 0 Å². The highest BCUT2D eigenvalue weighted by Crippen LogP contribution is 2.44. The van der Waals surface area contributed by atoms with Crippen LogP contribution in [-0.4, -0.2) is 0 Å². The van der Waals surface area contributed by atoms with E-state index in [1.54, 1.807) is 0 Å². The van der Waals surface area contributed by atoms with Gasteiger partial charge in [0.2, 0.25) is 0 Å². The number of hydrogen-bond donors (Lipinski definition) is 0. The molecule has 1 aromatic carbocycles. The topological polar surface area (TPSA) is 47.6 Å². The van der Waals surface area contributed by atoms with Crippen LogP contribution in [0.4, 0.5) is 26.3 Å². The van der Waals surface area contributed by atoms with E-state index in [-0.39, 0.29) is 11.6 Å². The Morgan fingerprint density at radius 2 is 1.60 bits per heavy atom. The molecular formula is C12H6F6N2. The number of alkyl halides is 6. The van der Waals surface area contributed by atoms with E-state index >= 15 is 0 Å². The van der Waals surface area contributed by atoms with Crippen LogP contribution in [0, 0.1) is 29.6 Å². The number of nitriles is 2. The third-order valence-electron chi connectivity index (χ3n) is 2.58. The summed E-state index contributed by atoms with van der Waals surface area (Å²) < 4.78 is 76.9. The molecule has 0 saturated heterocycles. The molecule has 0 unspecified atom stereocenters. The highest BCUT2D eigenvalue weighted by molar-refractivity contribution is 5.54. The van der Waals surface area contributed by atoms with Crippen molar-refractivity contribution in [2.24, 2.45) is 0 Å². The summed E-state index contributed by atoms with van der Waals surface area (Å²) in [5, 5.41) is 17.3. The van der Waals surface area contributed by atoms with Crippen LogP contribution >= 0.6 is 0 Å². The predicted molar refractivity (Wildman–Crippen MR) is 55.2 cm³/mol. The van der Waals surface area contributed by atoms with Crippen molar-refractivity contribution in [2.75, 3.05) is 0 Å². The number of rotatable bonds is 1. The number of aryl methyl sites for hydroxylation is 1. The quantitative estimate of drug-likeness (QED) is 0.735. The van der Waals surface area contributed by atoms with Crippen molar-refractivity contribution in [2.45, 2.75) is 25.7 Å². The zero-order valence-corrected chi connectivity index (χ0v) is 9.95. The van der Waals surface area contributed by atoms with Gasteiger partial charge in [-0.2, -0.15) is 36.9 Å². The first-order valence-corrected chi connectivity index (χ1v) is 5.12. The van der Waals surface area contributed by atoms with Gasteiger partial charge in [-0.1, -0.05) is 0 Å². The summed E-state index contributed by atoms with van der Waals surface area (Å²) in [6, 6.07) is 3.06. The molecule has 0 N–H and O–H groups in total. The van der Waals surface area contributed by atoms with E-state index in [9.17, 15) is 26.3 Å². The molecule has 0 aliphatic heterocycles. The van der Waals surface area contributed by atoms with Gasteiger partial charge < -0.3 is 0 Å². The lowest BCUT2D eigenvalue weighted by atomic mass is 9.90. The molecule has 106 valence electrons. The van der Waals surface area contributed by atoms with Gasteiger partial charge in [-0.15, -0.1) is 0 Å². The molecular weight excluding hydrogens is 286 g/mol. The highest BCUT2D eigenvalue weighted by atomic mass is 19.4. The summed E-state index contributed by atoms with van der Waals surface area (Å²) in [5.74, 6) is 0. The average Bonchev–Trinajstić information content (AvgIpc) is 2.25. The van der Waals surface area contributed by atoms with Crippen molar-refractivity contribution >= 4 is 0 Å². The Hall–Kier alpha value is -2.22. The molecule has 0 fully saturated rings. The van der Waals surface area contributed by atoms with Crippen LogP contribution in [0.2, 0.25) is 0 Å². The molecule has 0 heterocycles. The van der Waals surface area contributed by atoms with E-state index < -0.39 is 41.0 Å². The summed E-state index contributed by atoms with van der Waals surface area (Å²) in [6.45, 7) is 1.09. The molecule has 0 bridgehead atoms. The first-order valence-electron chi connectivity index (χ1n) is 5.12. The Morgan fingerprint density at radius 3 is 1.95 bits per heavy atom. The van der Waals surface area contributed by atoms with E-state index in [1.165, 1.54) is 12.1 Å². The molecule has 0 aromatic heterocycles. The lowest BCUT2D eigenvalue weighted by Crippen LogP contribution is -2.20. The van der Waals surface area contributed by atoms with Gasteiger partial charge in [0.15, 0.2) is 0 Å². The van der Waals surface area contributed by atoms with Gasteiger partial charge in [0.05, 0.1) is 35.2 Å². The Labute approximate surface area is 109 Å². The maximum Gasteiger partial charge on any atom is 0.417 e. The smallest absolute Gasteiger partial charge is 0.198 e. The molecule has 20 heavy (non-hydrogen) atoms. The van der Waals surface area contributed by atoms with Crippen molar-refractivity contribution in [3.8, 4) is 12.1 Å². The van der Waals surface area contributed by atoms with Gasteiger partial charge in [-0.05, 0) is 24.1 Å². The van der Waals surface area contributed by atoms with Crippen LogP contribution in [0.1, 0.15) is 27.8 Å². The standard InChI is InChI=1S/C12H6F6N2/c1-6-4-9(11(13,14)15)10(12(16,17)18)7(2-3-19)8(6)5-20/h4H,2H2,1H3. The van der Waals surface area contributed by atoms with E-state index in [0.29, 0.717) is 0 Å². The molecule has 2 nitrogen and oxygen atoms in total. The van der Waals surface area contributed by atoms with Crippen molar-refractivity contribution in [1.29, 1.82) is 10.5 Å². The third kappa shape index (κ3) is 2.85. The number of halogens is 6. The first-order chi connectivity index (χ1) is 9.04. The Morgan fingerprint density at radius 1 is 1.05 bits per heavy atom. The molecule has 0 atom stereocenters. The molecule has 8 heteroatoms. The fraction of sp³-hybridized carbons (Fsp3) is 0.333. The molecule has 1 aromatic rings. The molecule has 0 aliphatic carbocycles. The van der Waals surface area contributed by atoms with Gasteiger partial charge in [0, 0.05) is 0 Å². The monoisotopic (exact) mass is 292 g/mol. The average molecular weight is 292 g/mol. The van der Waals surface area contributed by atoms with Crippen LogP contribution in [0.5, 0.6) is 0 Å². The molecule has 0 amide bonds. The van der Waals surface area contributed by atoms with Crippen LogP contribution < -0.4 is 0 Å². The minimum absolute atomic E-state index is 0.252. The van der Waals surface area contributed by atoms with Crippen LogP contribution in [0.15, 0.2) is 6.07 Å². The van der Waals surface area contributed by atoms with Crippen molar-refractivity contribution < 1.29 is 26.3 Å². The highest BCUT2D eigenvalue weighted by Gasteiger charge is 2.45. The molecule has 0 aliphatic rings. The zero-order chi connectivity index (χ0) is 15.7. The summed E-state index contributed by atoms with van der Waals surface area (Å²) in [4.78, 5) is 0. The first kappa shape index (κ1) is 15.8. The van der Waals surface area contributed by atoms with E-state index in [4.69, 9.17) is 10.5 Å². The number of hydrogen-bond acceptors (Lipinski definition) is 2. The van der Waals surface area contributed by atoms with Crippen molar-refractivity contribution in [1.82, 2.24) is 0 Å². The van der Waals surface area contributed by atoms with E-state index in [2.05, 4.69) is 0 Å². The van der Waals surface area contributed by atoms with Crippen LogP contribution in [-0.2, 0) is 18.8 Å². The molecule has 1 rings (SSSR count). The number of benzene rings is 1. The lowest BCUT2D eigenvalue weighted by Gasteiger charge is -2.20. The van der Waals surface area contributed by atoms with Crippen LogP contribution in [0.25, 0.3) is 0 Å². The second kappa shape index (κ2) is 5.04. The minimum atomic E-state index is -5.31. The minimum Gasteiger partial charge on any atom is -0.198 e. The fourth-order valence-corrected chi connectivity index (χ4v) is 1.85. The fourth-order valence-electron chi connectivity index (χ4n) is 1.85. The summed E-state index contributed by atoms with van der Waals surface area (Å²) in [5.41, 5.74) is -5.58. The molecule has 0 spiro atoms. The summed E-state index contributed by atoms with van der Waals surface area (Å²) in [7, 11) is 0. The normalized spacial score (nSPS) is 11.8. The van der Waals surface area contributed by atoms with Crippen molar-refractivity contribution in [3.05, 3.63) is 33.9 Å². The summed E-state index contributed by atoms with van der Waals surface area (Å²) in [6.07, 6.45) is -11.5. The Bertz CT molecular complexity index is 613. The van der Waals surface area contributed by atoms with Crippen molar-refractivity contribution in [3.63, 3.8) is 0 Å². The third-order valence-corrected chi connectivity index (χ3v) is 2.58. The van der Waals surface area contributed by atoms with Crippen LogP contribution in [0.3, 0.4) is 0 Å². The SMILES string of the molecule is Cc1cc(C(F)(F)F)c(C(F)(F)F)c(CC#N)c1C#N. The van der Waals surface area contributed by atoms with E-state index in [0.717, 1.165) is 6.92 Å². The Kier molecular flexibility index (Phi) is 3.99. The Balaban J connectivity index is 3.92. The van der Waals surface area contributed by atoms with Gasteiger partial charge in [-0.3, -0.25) is 0 Å². The van der Waals surface area contributed by atoms with Gasteiger partial charge in [-0.25, -0.2) is 0 Å². The lowest BCUT2D eigenvalue weighted by molar-refractivity contribution is -0.162. The molecule has 0 radical (unpaired) electrons. The predicted octanol–water partition coefficient (Wildman–Crippen LogP) is 3.97. The number of nitrogens with zero attached hydrogens (tertiary/aromatic N) is 2. The second-order valence-corrected chi connectivity index (χ2v) is 3.91. The van der Waals surface area contributed by atoms with Gasteiger partial charge >= 0.3 is 12.4 Å². The maximum atomic E-state index is 12.9. The molecule has 0 saturated carbocycles.